The van der Waals surface area contributed by atoms with Crippen LogP contribution in [0.15, 0.2) is 39.2 Å². The van der Waals surface area contributed by atoms with Crippen molar-refractivity contribution in [1.29, 1.82) is 0 Å². The number of carbonyl (C=O) groups excluding carboxylic acids is 2. The fraction of sp³-hybridized carbons (Fsp3) is 0.286. The van der Waals surface area contributed by atoms with Crippen molar-refractivity contribution < 1.29 is 22.7 Å². The molecule has 0 aliphatic heterocycles. The van der Waals surface area contributed by atoms with Crippen molar-refractivity contribution in [1.82, 2.24) is 5.32 Å². The minimum atomic E-state index is -3.65. The van der Waals surface area contributed by atoms with Gasteiger partial charge in [0.15, 0.2) is 9.84 Å². The highest BCUT2D eigenvalue weighted by Crippen LogP contribution is 2.33. The molecule has 23 heavy (non-hydrogen) atoms. The van der Waals surface area contributed by atoms with Gasteiger partial charge in [0, 0.05) is 11.4 Å². The second-order valence-corrected chi connectivity index (χ2v) is 8.70. The van der Waals surface area contributed by atoms with E-state index in [0.29, 0.717) is 4.88 Å². The van der Waals surface area contributed by atoms with Crippen LogP contribution in [0.4, 0.5) is 0 Å². The second-order valence-electron chi connectivity index (χ2n) is 4.41. The van der Waals surface area contributed by atoms with Crippen molar-refractivity contribution in [2.24, 2.45) is 0 Å². The molecule has 0 aliphatic rings. The molecule has 1 atom stereocenters. The molecule has 0 bridgehead atoms. The van der Waals surface area contributed by atoms with Crippen molar-refractivity contribution >= 4 is 44.4 Å². The lowest BCUT2D eigenvalue weighted by molar-refractivity contribution is -0.154. The van der Waals surface area contributed by atoms with Crippen LogP contribution >= 0.6 is 22.7 Å². The van der Waals surface area contributed by atoms with E-state index in [1.165, 1.54) is 17.4 Å². The number of nitrogens with one attached hydrogen (secondary N) is 1. The van der Waals surface area contributed by atoms with Gasteiger partial charge in [0.25, 0.3) is 0 Å². The lowest BCUT2D eigenvalue weighted by Gasteiger charge is -2.16. The van der Waals surface area contributed by atoms with Crippen LogP contribution < -0.4 is 5.32 Å². The first-order valence-electron chi connectivity index (χ1n) is 6.72. The number of amides is 1. The molecule has 124 valence electrons. The maximum absolute atomic E-state index is 12.7. The fourth-order valence-electron chi connectivity index (χ4n) is 1.86. The molecular formula is C14H15NO5S3. The smallest absolute Gasteiger partial charge is 0.396 e. The summed E-state index contributed by atoms with van der Waals surface area (Å²) < 4.78 is 30.3. The van der Waals surface area contributed by atoms with Gasteiger partial charge in [0.2, 0.25) is 0 Å². The molecule has 0 unspecified atom stereocenters. The van der Waals surface area contributed by atoms with Crippen LogP contribution in [0.5, 0.6) is 0 Å². The topological polar surface area (TPSA) is 89.5 Å². The fourth-order valence-corrected chi connectivity index (χ4v) is 5.85. The average molecular weight is 373 g/mol. The standard InChI is InChI=1S/C14H15NO5S3/c1-2-20-14(17)13(16)15-9-11(10-5-3-7-21-10)23(18,19)12-6-4-8-22-12/h3-8,11H,2,9H2,1H3,(H,15,16)/t11-/m1/s1. The normalized spacial score (nSPS) is 12.6. The molecule has 0 aromatic carbocycles. The molecule has 1 N–H and O–H groups in total. The van der Waals surface area contributed by atoms with Crippen molar-refractivity contribution in [3.05, 3.63) is 39.9 Å². The lowest BCUT2D eigenvalue weighted by Crippen LogP contribution is -2.36. The second kappa shape index (κ2) is 7.71. The molecule has 0 aliphatic carbocycles. The number of hydrogen-bond donors (Lipinski definition) is 1. The van der Waals surface area contributed by atoms with Gasteiger partial charge in [-0.2, -0.15) is 0 Å². The Balaban J connectivity index is 2.20. The summed E-state index contributed by atoms with van der Waals surface area (Å²) in [7, 11) is -3.65. The Hall–Kier alpha value is -1.71. The Labute approximate surface area is 142 Å². The molecule has 0 radical (unpaired) electrons. The molecule has 0 spiro atoms. The van der Waals surface area contributed by atoms with E-state index in [1.807, 2.05) is 0 Å². The molecule has 6 nitrogen and oxygen atoms in total. The zero-order valence-corrected chi connectivity index (χ0v) is 14.7. The summed E-state index contributed by atoms with van der Waals surface area (Å²) in [5, 5.41) is 4.84. The molecule has 2 rings (SSSR count). The van der Waals surface area contributed by atoms with Crippen molar-refractivity contribution in [2.45, 2.75) is 16.4 Å². The summed E-state index contributed by atoms with van der Waals surface area (Å²) in [4.78, 5) is 23.6. The van der Waals surface area contributed by atoms with Gasteiger partial charge in [-0.3, -0.25) is 4.79 Å². The first-order chi connectivity index (χ1) is 11.0. The summed E-state index contributed by atoms with van der Waals surface area (Å²) in [6, 6.07) is 6.61. The predicted molar refractivity (Wildman–Crippen MR) is 88.2 cm³/mol. The van der Waals surface area contributed by atoms with Crippen LogP contribution in [0.2, 0.25) is 0 Å². The summed E-state index contributed by atoms with van der Waals surface area (Å²) in [5.74, 6) is -1.97. The predicted octanol–water partition coefficient (Wildman–Crippen LogP) is 2.00. The molecule has 1 amide bonds. The molecule has 2 heterocycles. The maximum atomic E-state index is 12.7. The van der Waals surface area contributed by atoms with Gasteiger partial charge in [0.1, 0.15) is 9.46 Å². The highest BCUT2D eigenvalue weighted by atomic mass is 32.2. The third-order valence-electron chi connectivity index (χ3n) is 2.92. The number of rotatable bonds is 6. The van der Waals surface area contributed by atoms with E-state index in [9.17, 15) is 18.0 Å². The number of ether oxygens (including phenoxy) is 1. The van der Waals surface area contributed by atoms with Gasteiger partial charge < -0.3 is 10.1 Å². The van der Waals surface area contributed by atoms with Crippen LogP contribution in [0.25, 0.3) is 0 Å². The van der Waals surface area contributed by atoms with Crippen LogP contribution in [-0.4, -0.2) is 33.4 Å². The molecule has 0 saturated carbocycles. The highest BCUT2D eigenvalue weighted by molar-refractivity contribution is 7.93. The molecular weight excluding hydrogens is 358 g/mol. The number of hydrogen-bond acceptors (Lipinski definition) is 7. The largest absolute Gasteiger partial charge is 0.459 e. The average Bonchev–Trinajstić information content (AvgIpc) is 3.21. The third-order valence-corrected chi connectivity index (χ3v) is 7.57. The van der Waals surface area contributed by atoms with Gasteiger partial charge in [-0.05, 0) is 29.8 Å². The van der Waals surface area contributed by atoms with Crippen LogP contribution in [0.1, 0.15) is 17.1 Å². The minimum Gasteiger partial charge on any atom is -0.459 e. The number of thiophene rings is 2. The summed E-state index contributed by atoms with van der Waals surface area (Å²) in [6.45, 7) is 1.47. The van der Waals surface area contributed by atoms with Crippen LogP contribution in [0.3, 0.4) is 0 Å². The van der Waals surface area contributed by atoms with Gasteiger partial charge in [-0.15, -0.1) is 22.7 Å². The van der Waals surface area contributed by atoms with Crippen molar-refractivity contribution in [2.75, 3.05) is 13.2 Å². The zero-order chi connectivity index (χ0) is 16.9. The molecule has 9 heteroatoms. The van der Waals surface area contributed by atoms with E-state index in [4.69, 9.17) is 0 Å². The maximum Gasteiger partial charge on any atom is 0.396 e. The van der Waals surface area contributed by atoms with E-state index in [2.05, 4.69) is 10.1 Å². The van der Waals surface area contributed by atoms with E-state index in [-0.39, 0.29) is 17.4 Å². The van der Waals surface area contributed by atoms with Gasteiger partial charge >= 0.3 is 11.9 Å². The Morgan fingerprint density at radius 1 is 1.22 bits per heavy atom. The van der Waals surface area contributed by atoms with E-state index >= 15 is 0 Å². The van der Waals surface area contributed by atoms with Gasteiger partial charge in [-0.25, -0.2) is 13.2 Å². The lowest BCUT2D eigenvalue weighted by atomic mass is 10.3. The minimum absolute atomic E-state index is 0.0775. The number of sulfone groups is 1. The van der Waals surface area contributed by atoms with Gasteiger partial charge in [0.05, 0.1) is 6.61 Å². The van der Waals surface area contributed by atoms with E-state index in [1.54, 1.807) is 35.9 Å². The van der Waals surface area contributed by atoms with Crippen molar-refractivity contribution in [3.8, 4) is 0 Å². The molecule has 2 aromatic rings. The SMILES string of the molecule is CCOC(=O)C(=O)NC[C@H](c1cccs1)S(=O)(=O)c1cccs1. The Kier molecular flexibility index (Phi) is 5.91. The molecule has 2 aromatic heterocycles. The molecule has 0 saturated heterocycles. The summed E-state index contributed by atoms with van der Waals surface area (Å²) in [5.41, 5.74) is 0. The molecule has 0 fully saturated rings. The number of carbonyl (C=O) groups is 2. The Bertz CT molecular complexity index is 750. The highest BCUT2D eigenvalue weighted by Gasteiger charge is 2.32. The van der Waals surface area contributed by atoms with E-state index in [0.717, 1.165) is 11.3 Å². The number of esters is 1. The Morgan fingerprint density at radius 2 is 1.91 bits per heavy atom. The summed E-state index contributed by atoms with van der Waals surface area (Å²) in [6.07, 6.45) is 0. The van der Waals surface area contributed by atoms with Crippen LogP contribution in [-0.2, 0) is 24.2 Å². The van der Waals surface area contributed by atoms with E-state index < -0.39 is 27.0 Å². The first kappa shape index (κ1) is 17.6. The zero-order valence-electron chi connectivity index (χ0n) is 12.2. The first-order valence-corrected chi connectivity index (χ1v) is 10.0. The van der Waals surface area contributed by atoms with Gasteiger partial charge in [-0.1, -0.05) is 12.1 Å². The quantitative estimate of drug-likeness (QED) is 0.618. The Morgan fingerprint density at radius 3 is 2.48 bits per heavy atom. The third kappa shape index (κ3) is 4.18. The van der Waals surface area contributed by atoms with Crippen LogP contribution in [0, 0.1) is 0 Å². The van der Waals surface area contributed by atoms with Crippen molar-refractivity contribution in [3.63, 3.8) is 0 Å². The monoisotopic (exact) mass is 373 g/mol. The summed E-state index contributed by atoms with van der Waals surface area (Å²) >= 11 is 2.40.